The van der Waals surface area contributed by atoms with Crippen molar-refractivity contribution in [2.75, 3.05) is 6.61 Å². The molecule has 5 heteroatoms. The standard InChI is InChI=1S/C25H33NO3S/c1-7-28-24(27)22(29-25(4,5)6)20-17(3)30-23(19-12-14-26-15-13-19)21(20)18-10-8-16(2)9-11-18/h10,12-16,22H,7-9,11H2,1-6H3. The molecule has 0 radical (unpaired) electrons. The topological polar surface area (TPSA) is 48.4 Å². The summed E-state index contributed by atoms with van der Waals surface area (Å²) in [5, 5.41) is 0. The monoisotopic (exact) mass is 427 g/mol. The van der Waals surface area contributed by atoms with Crippen LogP contribution in [0.4, 0.5) is 0 Å². The van der Waals surface area contributed by atoms with Gasteiger partial charge in [-0.25, -0.2) is 4.79 Å². The maximum absolute atomic E-state index is 13.0. The average Bonchev–Trinajstić information content (AvgIpc) is 3.04. The van der Waals surface area contributed by atoms with Crippen molar-refractivity contribution >= 4 is 22.9 Å². The van der Waals surface area contributed by atoms with E-state index in [2.05, 4.69) is 24.9 Å². The number of ether oxygens (including phenoxy) is 2. The van der Waals surface area contributed by atoms with Crippen LogP contribution in [0.1, 0.15) is 76.0 Å². The Hall–Kier alpha value is -1.98. The second kappa shape index (κ2) is 9.44. The number of aryl methyl sites for hydroxylation is 1. The van der Waals surface area contributed by atoms with E-state index in [0.29, 0.717) is 12.5 Å². The minimum Gasteiger partial charge on any atom is -0.464 e. The van der Waals surface area contributed by atoms with Crippen LogP contribution < -0.4 is 0 Å². The lowest BCUT2D eigenvalue weighted by atomic mass is 9.84. The Morgan fingerprint density at radius 3 is 2.57 bits per heavy atom. The fraction of sp³-hybridized carbons (Fsp3) is 0.520. The highest BCUT2D eigenvalue weighted by Gasteiger charge is 2.35. The van der Waals surface area contributed by atoms with Crippen molar-refractivity contribution in [1.82, 2.24) is 4.98 Å². The Morgan fingerprint density at radius 2 is 2.00 bits per heavy atom. The molecule has 0 bridgehead atoms. The molecule has 162 valence electrons. The number of pyridine rings is 1. The van der Waals surface area contributed by atoms with Gasteiger partial charge in [-0.1, -0.05) is 13.0 Å². The molecule has 0 saturated carbocycles. The third-order valence-electron chi connectivity index (χ3n) is 5.30. The van der Waals surface area contributed by atoms with Crippen molar-refractivity contribution in [1.29, 1.82) is 0 Å². The SMILES string of the molecule is CCOC(=O)C(OC(C)(C)C)c1c(C)sc(-c2ccncc2)c1C1=CCC(C)CC1. The molecule has 0 fully saturated rings. The van der Waals surface area contributed by atoms with Gasteiger partial charge in [0.2, 0.25) is 0 Å². The lowest BCUT2D eigenvalue weighted by Crippen LogP contribution is -2.29. The van der Waals surface area contributed by atoms with Gasteiger partial charge in [0.1, 0.15) is 0 Å². The summed E-state index contributed by atoms with van der Waals surface area (Å²) >= 11 is 1.72. The first kappa shape index (κ1) is 22.7. The largest absolute Gasteiger partial charge is 0.464 e. The van der Waals surface area contributed by atoms with Crippen LogP contribution in [0, 0.1) is 12.8 Å². The number of hydrogen-bond donors (Lipinski definition) is 0. The summed E-state index contributed by atoms with van der Waals surface area (Å²) < 4.78 is 11.8. The van der Waals surface area contributed by atoms with Crippen LogP contribution >= 0.6 is 11.3 Å². The van der Waals surface area contributed by atoms with Crippen molar-refractivity contribution in [2.45, 2.75) is 72.5 Å². The Morgan fingerprint density at radius 1 is 1.30 bits per heavy atom. The number of allylic oxidation sites excluding steroid dienone is 2. The minimum absolute atomic E-state index is 0.319. The third-order valence-corrected chi connectivity index (χ3v) is 6.47. The summed E-state index contributed by atoms with van der Waals surface area (Å²) in [6.07, 6.45) is 8.46. The van der Waals surface area contributed by atoms with Crippen molar-refractivity contribution in [3.8, 4) is 10.4 Å². The first-order valence-corrected chi connectivity index (χ1v) is 11.6. The molecule has 0 N–H and O–H groups in total. The third kappa shape index (κ3) is 5.19. The fourth-order valence-electron chi connectivity index (χ4n) is 3.89. The molecular formula is C25H33NO3S. The molecule has 2 aromatic heterocycles. The number of rotatable bonds is 6. The molecular weight excluding hydrogens is 394 g/mol. The predicted molar refractivity (Wildman–Crippen MR) is 123 cm³/mol. The zero-order chi connectivity index (χ0) is 21.9. The molecule has 1 aliphatic carbocycles. The first-order chi connectivity index (χ1) is 14.2. The van der Waals surface area contributed by atoms with Crippen molar-refractivity contribution in [3.05, 3.63) is 46.6 Å². The van der Waals surface area contributed by atoms with Gasteiger partial charge in [-0.3, -0.25) is 4.98 Å². The number of aromatic nitrogens is 1. The van der Waals surface area contributed by atoms with E-state index >= 15 is 0 Å². The maximum atomic E-state index is 13.0. The lowest BCUT2D eigenvalue weighted by molar-refractivity contribution is -0.166. The highest BCUT2D eigenvalue weighted by Crippen LogP contribution is 2.47. The second-order valence-electron chi connectivity index (χ2n) is 8.98. The van der Waals surface area contributed by atoms with E-state index in [0.717, 1.165) is 40.8 Å². The Kier molecular flexibility index (Phi) is 7.14. The number of hydrogen-bond acceptors (Lipinski definition) is 5. The number of carbonyl (C=O) groups excluding carboxylic acids is 1. The molecule has 30 heavy (non-hydrogen) atoms. The van der Waals surface area contributed by atoms with Crippen LogP contribution in [0.25, 0.3) is 16.0 Å². The summed E-state index contributed by atoms with van der Waals surface area (Å²) in [6, 6.07) is 4.07. The molecule has 2 unspecified atom stereocenters. The van der Waals surface area contributed by atoms with Gasteiger partial charge in [-0.05, 0) is 83.1 Å². The smallest absolute Gasteiger partial charge is 0.340 e. The molecule has 0 spiro atoms. The van der Waals surface area contributed by atoms with E-state index < -0.39 is 11.7 Å². The van der Waals surface area contributed by atoms with E-state index in [-0.39, 0.29) is 5.97 Å². The van der Waals surface area contributed by atoms with Crippen LogP contribution in [0.15, 0.2) is 30.6 Å². The molecule has 0 amide bonds. The van der Waals surface area contributed by atoms with E-state index in [9.17, 15) is 4.79 Å². The van der Waals surface area contributed by atoms with Crippen LogP contribution in [0.3, 0.4) is 0 Å². The van der Waals surface area contributed by atoms with Gasteiger partial charge in [0.05, 0.1) is 12.2 Å². The Labute approximate surface area is 184 Å². The zero-order valence-corrected chi connectivity index (χ0v) is 19.8. The highest BCUT2D eigenvalue weighted by molar-refractivity contribution is 7.16. The van der Waals surface area contributed by atoms with Crippen LogP contribution in [0.5, 0.6) is 0 Å². The van der Waals surface area contributed by atoms with Gasteiger partial charge in [0.15, 0.2) is 6.10 Å². The second-order valence-corrected chi connectivity index (χ2v) is 10.2. The molecule has 4 nitrogen and oxygen atoms in total. The molecule has 0 saturated heterocycles. The number of carbonyl (C=O) groups is 1. The van der Waals surface area contributed by atoms with E-state index in [1.807, 2.05) is 52.2 Å². The fourth-order valence-corrected chi connectivity index (χ4v) is 5.11. The first-order valence-electron chi connectivity index (χ1n) is 10.8. The molecule has 3 rings (SSSR count). The van der Waals surface area contributed by atoms with Crippen molar-refractivity contribution in [3.63, 3.8) is 0 Å². The Bertz CT molecular complexity index is 908. The quantitative estimate of drug-likeness (QED) is 0.479. The van der Waals surface area contributed by atoms with Gasteiger partial charge in [0.25, 0.3) is 0 Å². The lowest BCUT2D eigenvalue weighted by Gasteiger charge is -2.28. The number of thiophene rings is 1. The maximum Gasteiger partial charge on any atom is 0.340 e. The predicted octanol–water partition coefficient (Wildman–Crippen LogP) is 6.74. The van der Waals surface area contributed by atoms with E-state index in [1.54, 1.807) is 11.3 Å². The van der Waals surface area contributed by atoms with Gasteiger partial charge < -0.3 is 9.47 Å². The van der Waals surface area contributed by atoms with Crippen LogP contribution in [0.2, 0.25) is 0 Å². The van der Waals surface area contributed by atoms with Crippen LogP contribution in [-0.4, -0.2) is 23.2 Å². The van der Waals surface area contributed by atoms with Crippen molar-refractivity contribution in [2.24, 2.45) is 5.92 Å². The Balaban J connectivity index is 2.21. The van der Waals surface area contributed by atoms with Crippen molar-refractivity contribution < 1.29 is 14.3 Å². The number of nitrogens with zero attached hydrogens (tertiary/aromatic N) is 1. The number of esters is 1. The van der Waals surface area contributed by atoms with E-state index in [1.165, 1.54) is 10.5 Å². The van der Waals surface area contributed by atoms with E-state index in [4.69, 9.17) is 9.47 Å². The average molecular weight is 428 g/mol. The zero-order valence-electron chi connectivity index (χ0n) is 19.0. The molecule has 2 aromatic rings. The van der Waals surface area contributed by atoms with Crippen LogP contribution in [-0.2, 0) is 14.3 Å². The molecule has 0 aliphatic heterocycles. The minimum atomic E-state index is -0.743. The molecule has 2 atom stereocenters. The highest BCUT2D eigenvalue weighted by atomic mass is 32.1. The summed E-state index contributed by atoms with van der Waals surface area (Å²) in [7, 11) is 0. The normalized spacial score (nSPS) is 18.1. The van der Waals surface area contributed by atoms with Gasteiger partial charge >= 0.3 is 5.97 Å². The molecule has 0 aromatic carbocycles. The van der Waals surface area contributed by atoms with Gasteiger partial charge in [0, 0.05) is 33.3 Å². The van der Waals surface area contributed by atoms with Gasteiger partial charge in [-0.15, -0.1) is 11.3 Å². The summed E-state index contributed by atoms with van der Waals surface area (Å²) in [5.74, 6) is 0.369. The summed E-state index contributed by atoms with van der Waals surface area (Å²) in [6.45, 7) is 12.5. The molecule has 1 aliphatic rings. The summed E-state index contributed by atoms with van der Waals surface area (Å²) in [4.78, 5) is 19.5. The summed E-state index contributed by atoms with van der Waals surface area (Å²) in [5.41, 5.74) is 4.07. The molecule has 2 heterocycles. The van der Waals surface area contributed by atoms with Gasteiger partial charge in [-0.2, -0.15) is 0 Å².